The molecule has 0 spiro atoms. The van der Waals surface area contributed by atoms with Crippen LogP contribution in [0.2, 0.25) is 0 Å². The van der Waals surface area contributed by atoms with Crippen molar-refractivity contribution in [3.8, 4) is 0 Å². The molecule has 1 heterocycles. The minimum atomic E-state index is -0.876. The van der Waals surface area contributed by atoms with Gasteiger partial charge in [-0.1, -0.05) is 24.3 Å². The molecule has 1 amide bonds. The summed E-state index contributed by atoms with van der Waals surface area (Å²) >= 11 is 1.56. The second-order valence-corrected chi connectivity index (χ2v) is 5.47. The molecule has 2 N–H and O–H groups in total. The lowest BCUT2D eigenvalue weighted by Crippen LogP contribution is -2.37. The maximum atomic E-state index is 11.8. The second kappa shape index (κ2) is 5.73. The number of nitrogens with zero attached hydrogens (tertiary/aromatic N) is 1. The molecule has 1 aromatic carbocycles. The SMILES string of the molecule is Cc1ccccc1C1SCC(=O)N1C[C@H](O)CO. The van der Waals surface area contributed by atoms with Crippen molar-refractivity contribution < 1.29 is 15.0 Å². The third-order valence-electron chi connectivity index (χ3n) is 3.04. The molecule has 1 fully saturated rings. The highest BCUT2D eigenvalue weighted by Gasteiger charge is 2.34. The zero-order chi connectivity index (χ0) is 13.1. The molecule has 0 radical (unpaired) electrons. The fourth-order valence-electron chi connectivity index (χ4n) is 2.06. The van der Waals surface area contributed by atoms with Crippen LogP contribution in [0.25, 0.3) is 0 Å². The quantitative estimate of drug-likeness (QED) is 0.851. The van der Waals surface area contributed by atoms with Crippen molar-refractivity contribution in [3.63, 3.8) is 0 Å². The third kappa shape index (κ3) is 2.68. The Kier molecular flexibility index (Phi) is 4.27. The highest BCUT2D eigenvalue weighted by Crippen LogP contribution is 2.39. The monoisotopic (exact) mass is 267 g/mol. The van der Waals surface area contributed by atoms with E-state index in [1.54, 1.807) is 16.7 Å². The van der Waals surface area contributed by atoms with E-state index in [1.807, 2.05) is 31.2 Å². The number of hydrogen-bond acceptors (Lipinski definition) is 4. The number of rotatable bonds is 4. The number of benzene rings is 1. The first-order valence-electron chi connectivity index (χ1n) is 5.89. The fraction of sp³-hybridized carbons (Fsp3) is 0.462. The maximum absolute atomic E-state index is 11.8. The molecular formula is C13H17NO3S. The van der Waals surface area contributed by atoms with Gasteiger partial charge < -0.3 is 15.1 Å². The van der Waals surface area contributed by atoms with Gasteiger partial charge in [-0.15, -0.1) is 11.8 Å². The Balaban J connectivity index is 2.21. The lowest BCUT2D eigenvalue weighted by Gasteiger charge is -2.27. The van der Waals surface area contributed by atoms with Crippen molar-refractivity contribution in [2.75, 3.05) is 18.9 Å². The molecule has 1 saturated heterocycles. The number of amides is 1. The van der Waals surface area contributed by atoms with Crippen molar-refractivity contribution >= 4 is 17.7 Å². The normalized spacial score (nSPS) is 21.4. The number of thioether (sulfide) groups is 1. The van der Waals surface area contributed by atoms with E-state index < -0.39 is 6.10 Å². The van der Waals surface area contributed by atoms with Gasteiger partial charge in [-0.2, -0.15) is 0 Å². The van der Waals surface area contributed by atoms with Crippen LogP contribution in [0.4, 0.5) is 0 Å². The predicted molar refractivity (Wildman–Crippen MR) is 71.2 cm³/mol. The summed E-state index contributed by atoms with van der Waals surface area (Å²) in [7, 11) is 0. The van der Waals surface area contributed by atoms with Crippen molar-refractivity contribution in [1.29, 1.82) is 0 Å². The number of aliphatic hydroxyl groups is 2. The first-order chi connectivity index (χ1) is 8.63. The largest absolute Gasteiger partial charge is 0.394 e. The van der Waals surface area contributed by atoms with Crippen LogP contribution in [0.3, 0.4) is 0 Å². The van der Waals surface area contributed by atoms with Crippen LogP contribution in [0.1, 0.15) is 16.5 Å². The lowest BCUT2D eigenvalue weighted by molar-refractivity contribution is -0.129. The van der Waals surface area contributed by atoms with Gasteiger partial charge in [0.1, 0.15) is 5.37 Å². The molecule has 98 valence electrons. The minimum Gasteiger partial charge on any atom is -0.394 e. The molecule has 1 unspecified atom stereocenters. The van der Waals surface area contributed by atoms with Crippen molar-refractivity contribution in [2.24, 2.45) is 0 Å². The highest BCUT2D eigenvalue weighted by molar-refractivity contribution is 8.00. The van der Waals surface area contributed by atoms with Gasteiger partial charge in [-0.05, 0) is 18.1 Å². The Hall–Kier alpha value is -1.04. The molecule has 5 heteroatoms. The number of hydrogen-bond donors (Lipinski definition) is 2. The first kappa shape index (κ1) is 13.4. The Morgan fingerprint density at radius 1 is 1.50 bits per heavy atom. The van der Waals surface area contributed by atoms with Crippen LogP contribution < -0.4 is 0 Å². The Labute approximate surface area is 111 Å². The van der Waals surface area contributed by atoms with E-state index >= 15 is 0 Å². The Morgan fingerprint density at radius 2 is 2.22 bits per heavy atom. The van der Waals surface area contributed by atoms with Crippen LogP contribution in [-0.4, -0.2) is 46.0 Å². The molecule has 1 aliphatic rings. The summed E-state index contributed by atoms with van der Waals surface area (Å²) in [5.41, 5.74) is 2.23. The average Bonchev–Trinajstić information content (AvgIpc) is 2.72. The second-order valence-electron chi connectivity index (χ2n) is 4.40. The van der Waals surface area contributed by atoms with E-state index in [0.717, 1.165) is 11.1 Å². The molecule has 0 bridgehead atoms. The summed E-state index contributed by atoms with van der Waals surface area (Å²) in [5, 5.41) is 18.4. The van der Waals surface area contributed by atoms with Crippen LogP contribution in [0, 0.1) is 6.92 Å². The topological polar surface area (TPSA) is 60.8 Å². The number of aryl methyl sites for hydroxylation is 1. The summed E-state index contributed by atoms with van der Waals surface area (Å²) in [5.74, 6) is 0.442. The molecule has 0 saturated carbocycles. The molecule has 1 aromatic rings. The first-order valence-corrected chi connectivity index (χ1v) is 6.94. The van der Waals surface area contributed by atoms with Gasteiger partial charge in [-0.25, -0.2) is 0 Å². The molecule has 18 heavy (non-hydrogen) atoms. The van der Waals surface area contributed by atoms with E-state index in [1.165, 1.54) is 0 Å². The van der Waals surface area contributed by atoms with Gasteiger partial charge in [0.25, 0.3) is 0 Å². The minimum absolute atomic E-state index is 0.0146. The van der Waals surface area contributed by atoms with Crippen LogP contribution >= 0.6 is 11.8 Å². The fourth-order valence-corrected chi connectivity index (χ4v) is 3.35. The van der Waals surface area contributed by atoms with E-state index in [-0.39, 0.29) is 24.4 Å². The summed E-state index contributed by atoms with van der Waals surface area (Å²) in [6.07, 6.45) is -0.876. The number of carbonyl (C=O) groups excluding carboxylic acids is 1. The summed E-state index contributed by atoms with van der Waals surface area (Å²) in [6, 6.07) is 7.93. The van der Waals surface area contributed by atoms with Crippen molar-refractivity contribution in [2.45, 2.75) is 18.4 Å². The molecule has 0 aliphatic carbocycles. The van der Waals surface area contributed by atoms with E-state index in [9.17, 15) is 9.90 Å². The maximum Gasteiger partial charge on any atom is 0.233 e. The number of carbonyl (C=O) groups is 1. The molecule has 1 aliphatic heterocycles. The smallest absolute Gasteiger partial charge is 0.233 e. The predicted octanol–water partition coefficient (Wildman–Crippen LogP) is 0.922. The van der Waals surface area contributed by atoms with Crippen LogP contribution in [0.15, 0.2) is 24.3 Å². The Bertz CT molecular complexity index is 438. The highest BCUT2D eigenvalue weighted by atomic mass is 32.2. The van der Waals surface area contributed by atoms with Gasteiger partial charge in [0, 0.05) is 0 Å². The standard InChI is InChI=1S/C13H17NO3S/c1-9-4-2-3-5-11(9)13-14(6-10(16)7-15)12(17)8-18-13/h2-5,10,13,15-16H,6-8H2,1H3/t10-,13?/m0/s1. The zero-order valence-electron chi connectivity index (χ0n) is 10.2. The third-order valence-corrected chi connectivity index (χ3v) is 4.28. The summed E-state index contributed by atoms with van der Waals surface area (Å²) < 4.78 is 0. The Morgan fingerprint density at radius 3 is 2.89 bits per heavy atom. The van der Waals surface area contributed by atoms with Crippen molar-refractivity contribution in [3.05, 3.63) is 35.4 Å². The van der Waals surface area contributed by atoms with Crippen LogP contribution in [-0.2, 0) is 4.79 Å². The molecule has 0 aromatic heterocycles. The van der Waals surface area contributed by atoms with Crippen molar-refractivity contribution in [1.82, 2.24) is 4.90 Å². The number of aliphatic hydroxyl groups excluding tert-OH is 2. The van der Waals surface area contributed by atoms with Gasteiger partial charge in [0.05, 0.1) is 25.0 Å². The van der Waals surface area contributed by atoms with Crippen LogP contribution in [0.5, 0.6) is 0 Å². The number of β-amino-alcohol motifs (C(OH)–C–C–N with tert-alkyl or cyclic N) is 1. The lowest BCUT2D eigenvalue weighted by atomic mass is 10.1. The molecule has 2 atom stereocenters. The molecule has 4 nitrogen and oxygen atoms in total. The van der Waals surface area contributed by atoms with E-state index in [2.05, 4.69) is 0 Å². The van der Waals surface area contributed by atoms with Gasteiger partial charge >= 0.3 is 0 Å². The molecule has 2 rings (SSSR count). The zero-order valence-corrected chi connectivity index (χ0v) is 11.1. The van der Waals surface area contributed by atoms with Gasteiger partial charge in [-0.3, -0.25) is 4.79 Å². The van der Waals surface area contributed by atoms with Gasteiger partial charge in [0.2, 0.25) is 5.91 Å². The summed E-state index contributed by atoms with van der Waals surface area (Å²) in [4.78, 5) is 13.5. The van der Waals surface area contributed by atoms with E-state index in [0.29, 0.717) is 5.75 Å². The molecular weight excluding hydrogens is 250 g/mol. The van der Waals surface area contributed by atoms with E-state index in [4.69, 9.17) is 5.11 Å². The average molecular weight is 267 g/mol. The van der Waals surface area contributed by atoms with Gasteiger partial charge in [0.15, 0.2) is 0 Å². The summed E-state index contributed by atoms with van der Waals surface area (Å²) in [6.45, 7) is 1.87.